The van der Waals surface area contributed by atoms with Crippen LogP contribution < -0.4 is 51.3 Å². The summed E-state index contributed by atoms with van der Waals surface area (Å²) in [5.41, 5.74) is 10.2. The number of anilines is 6. The van der Waals surface area contributed by atoms with E-state index in [9.17, 15) is 15.3 Å². The first-order chi connectivity index (χ1) is 40.8. The second-order valence-corrected chi connectivity index (χ2v) is 21.9. The molecule has 0 spiro atoms. The lowest BCUT2D eigenvalue weighted by molar-refractivity contribution is 0.116. The number of nitrogens with zero attached hydrogens (tertiary/aromatic N) is 9. The van der Waals surface area contributed by atoms with Gasteiger partial charge in [0.2, 0.25) is 17.8 Å². The molecule has 0 aliphatic heterocycles. The van der Waals surface area contributed by atoms with Gasteiger partial charge in [0.25, 0.3) is 0 Å². The number of hydrogen-bond donors (Lipinski definition) is 9. The average molecular weight is 1170 g/mol. The van der Waals surface area contributed by atoms with E-state index in [1.54, 1.807) is 67.8 Å². The zero-order valence-corrected chi connectivity index (χ0v) is 51.7. The van der Waals surface area contributed by atoms with Gasteiger partial charge in [0.05, 0.1) is 79.9 Å². The molecular formula is C63H89N15O7. The van der Waals surface area contributed by atoms with Gasteiger partial charge in [-0.05, 0) is 121 Å². The number of fused-ring (bicyclic) bond motifs is 3. The lowest BCUT2D eigenvalue weighted by Gasteiger charge is -2.34. The molecule has 8 aromatic rings. The van der Waals surface area contributed by atoms with Crippen molar-refractivity contribution in [2.24, 2.45) is 0 Å². The Morgan fingerprint density at radius 2 is 0.812 bits per heavy atom. The molecular weight excluding hydrogens is 1080 g/mol. The van der Waals surface area contributed by atoms with Crippen molar-refractivity contribution >= 4 is 68.4 Å². The Morgan fingerprint density at radius 3 is 1.13 bits per heavy atom. The summed E-state index contributed by atoms with van der Waals surface area (Å²) < 4.78 is 21.5. The predicted molar refractivity (Wildman–Crippen MR) is 340 cm³/mol. The van der Waals surface area contributed by atoms with Crippen molar-refractivity contribution in [3.05, 3.63) is 103 Å². The Labute approximate surface area is 500 Å². The van der Waals surface area contributed by atoms with Crippen molar-refractivity contribution in [2.75, 3.05) is 60.8 Å². The standard InChI is InChI=1S/2C24H33N5O3.C15H23N5O/c2*1-6-7-12-24(3,16(2)30)29-22-21-19(9-8-13-25-21)27-23(28-22)26-15-17-10-11-18(31-4)14-20(17)32-5;1-4-5-8-15(3,10(2)21)20-13-12-11(7-6-9-17-12)18-14(16)19-13/h2*8-11,13-14,16,30H,6-7,12,15H2,1-5H3,(H2,26,27,28,29);6-7,9-10,21H,4-5,8H2,1-3H3,(H3,16,18,19,20)/t16?,24-;16-,24-;10?,15-/m000/s1. The Balaban J connectivity index is 0.000000209. The minimum Gasteiger partial charge on any atom is -0.497 e. The molecule has 22 heteroatoms. The molecule has 2 aromatic carbocycles. The van der Waals surface area contributed by atoms with Gasteiger partial charge in [-0.2, -0.15) is 15.0 Å². The van der Waals surface area contributed by atoms with Crippen LogP contribution in [0.2, 0.25) is 0 Å². The summed E-state index contributed by atoms with van der Waals surface area (Å²) >= 11 is 0. The average Bonchev–Trinajstić information content (AvgIpc) is 1.95. The van der Waals surface area contributed by atoms with Crippen LogP contribution in [0.5, 0.6) is 23.0 Å². The van der Waals surface area contributed by atoms with E-state index in [0.717, 1.165) is 103 Å². The topological polar surface area (TPSA) is 300 Å². The molecule has 8 rings (SSSR count). The van der Waals surface area contributed by atoms with Gasteiger partial charge < -0.3 is 66.6 Å². The fourth-order valence-corrected chi connectivity index (χ4v) is 9.26. The number of rotatable bonds is 28. The first kappa shape index (κ1) is 65.9. The molecule has 6 aromatic heterocycles. The van der Waals surface area contributed by atoms with Gasteiger partial charge in [0.15, 0.2) is 17.5 Å². The molecule has 0 saturated carbocycles. The molecule has 0 amide bonds. The summed E-state index contributed by atoms with van der Waals surface area (Å²) in [4.78, 5) is 40.4. The number of hydrogen-bond acceptors (Lipinski definition) is 22. The van der Waals surface area contributed by atoms with Gasteiger partial charge in [-0.25, -0.2) is 15.0 Å². The molecule has 0 aliphatic rings. The molecule has 0 bridgehead atoms. The molecule has 10 N–H and O–H groups in total. The number of aromatic nitrogens is 9. The minimum absolute atomic E-state index is 0.196. The van der Waals surface area contributed by atoms with Gasteiger partial charge in [0, 0.05) is 54.9 Å². The summed E-state index contributed by atoms with van der Waals surface area (Å²) in [7, 11) is 6.51. The van der Waals surface area contributed by atoms with Crippen LogP contribution in [0.3, 0.4) is 0 Å². The summed E-state index contributed by atoms with van der Waals surface area (Å²) in [6.45, 7) is 18.7. The van der Waals surface area contributed by atoms with E-state index < -0.39 is 34.9 Å². The van der Waals surface area contributed by atoms with E-state index >= 15 is 0 Å². The number of aliphatic hydroxyl groups excluding tert-OH is 3. The molecule has 0 fully saturated rings. The maximum atomic E-state index is 10.5. The fraction of sp³-hybridized carbons (Fsp3) is 0.476. The number of unbranched alkanes of at least 4 members (excludes halogenated alkanes) is 3. The SMILES string of the molecule is CCCC[C@](C)(Nc1nc(N)nc2cccnc12)C(C)O.CCCC[C@](C)(Nc1nc(NCc2ccc(OC)cc2OC)nc2cccnc12)C(C)O.CCCC[C@](C)(Nc1nc(NCc2ccc(OC)cc2OC)nc2cccnc12)[C@H](C)O. The molecule has 6 atom stereocenters. The predicted octanol–water partition coefficient (Wildman–Crippen LogP) is 11.1. The van der Waals surface area contributed by atoms with E-state index in [4.69, 9.17) is 34.6 Å². The lowest BCUT2D eigenvalue weighted by Crippen LogP contribution is -2.45. The minimum atomic E-state index is -0.567. The number of nitrogens with two attached hydrogens (primary N) is 1. The molecule has 0 radical (unpaired) electrons. The van der Waals surface area contributed by atoms with Crippen LogP contribution >= 0.6 is 0 Å². The van der Waals surface area contributed by atoms with Gasteiger partial charge in [-0.15, -0.1) is 0 Å². The number of ether oxygens (including phenoxy) is 4. The monoisotopic (exact) mass is 1170 g/mol. The zero-order chi connectivity index (χ0) is 61.7. The van der Waals surface area contributed by atoms with Crippen LogP contribution in [0.25, 0.3) is 33.1 Å². The second-order valence-electron chi connectivity index (χ2n) is 21.9. The van der Waals surface area contributed by atoms with E-state index in [-0.39, 0.29) is 5.95 Å². The first-order valence-corrected chi connectivity index (χ1v) is 29.2. The number of methoxy groups -OCH3 is 4. The van der Waals surface area contributed by atoms with Crippen LogP contribution in [0.1, 0.15) is 131 Å². The van der Waals surface area contributed by atoms with Crippen molar-refractivity contribution in [2.45, 2.75) is 168 Å². The van der Waals surface area contributed by atoms with Gasteiger partial charge in [-0.1, -0.05) is 59.3 Å². The highest BCUT2D eigenvalue weighted by molar-refractivity contribution is 5.88. The van der Waals surface area contributed by atoms with Gasteiger partial charge in [0.1, 0.15) is 39.5 Å². The third kappa shape index (κ3) is 17.7. The van der Waals surface area contributed by atoms with Crippen LogP contribution in [0, 0.1) is 0 Å². The maximum Gasteiger partial charge on any atom is 0.225 e. The maximum absolute atomic E-state index is 10.5. The molecule has 22 nitrogen and oxygen atoms in total. The van der Waals surface area contributed by atoms with Crippen molar-refractivity contribution < 1.29 is 34.3 Å². The lowest BCUT2D eigenvalue weighted by atomic mass is 9.89. The number of benzene rings is 2. The van der Waals surface area contributed by atoms with E-state index in [0.29, 0.717) is 64.5 Å². The van der Waals surface area contributed by atoms with Crippen LogP contribution in [0.15, 0.2) is 91.4 Å². The Hall–Kier alpha value is -8.21. The number of nitrogens with one attached hydrogen (secondary N) is 5. The fourth-order valence-electron chi connectivity index (χ4n) is 9.26. The zero-order valence-electron chi connectivity index (χ0n) is 51.7. The van der Waals surface area contributed by atoms with Crippen LogP contribution in [-0.4, -0.2) is 124 Å². The Bertz CT molecular complexity index is 3230. The van der Waals surface area contributed by atoms with Crippen molar-refractivity contribution in [1.29, 1.82) is 0 Å². The molecule has 0 aliphatic carbocycles. The summed E-state index contributed by atoms with van der Waals surface area (Å²) in [6, 6.07) is 22.5. The van der Waals surface area contributed by atoms with Crippen molar-refractivity contribution in [3.63, 3.8) is 0 Å². The summed E-state index contributed by atoms with van der Waals surface area (Å²) in [5.74, 6) is 5.79. The number of aliphatic hydroxyl groups is 3. The van der Waals surface area contributed by atoms with Crippen LogP contribution in [-0.2, 0) is 13.1 Å². The van der Waals surface area contributed by atoms with Crippen molar-refractivity contribution in [1.82, 2.24) is 44.9 Å². The molecule has 0 saturated heterocycles. The summed E-state index contributed by atoms with van der Waals surface area (Å²) in [6.07, 6.45) is 12.1. The summed E-state index contributed by atoms with van der Waals surface area (Å²) in [5, 5.41) is 48.0. The Morgan fingerprint density at radius 1 is 0.471 bits per heavy atom. The first-order valence-electron chi connectivity index (χ1n) is 29.2. The third-order valence-corrected chi connectivity index (χ3v) is 15.4. The third-order valence-electron chi connectivity index (χ3n) is 15.4. The highest BCUT2D eigenvalue weighted by Crippen LogP contribution is 2.33. The smallest absolute Gasteiger partial charge is 0.225 e. The number of nitrogen functional groups attached to an aromatic ring is 1. The second kappa shape index (κ2) is 31.1. The molecule has 6 heterocycles. The van der Waals surface area contributed by atoms with Crippen molar-refractivity contribution in [3.8, 4) is 23.0 Å². The van der Waals surface area contributed by atoms with Crippen LogP contribution in [0.4, 0.5) is 35.3 Å². The highest BCUT2D eigenvalue weighted by Gasteiger charge is 2.33. The van der Waals surface area contributed by atoms with Gasteiger partial charge >= 0.3 is 0 Å². The molecule has 2 unspecified atom stereocenters. The normalized spacial score (nSPS) is 14.4. The largest absolute Gasteiger partial charge is 0.497 e. The quantitative estimate of drug-likeness (QED) is 0.0220. The van der Waals surface area contributed by atoms with Gasteiger partial charge in [-0.3, -0.25) is 15.0 Å². The van der Waals surface area contributed by atoms with E-state index in [1.165, 1.54) is 0 Å². The highest BCUT2D eigenvalue weighted by atomic mass is 16.5. The molecule has 458 valence electrons. The van der Waals surface area contributed by atoms with E-state index in [2.05, 4.69) is 82.2 Å². The molecule has 85 heavy (non-hydrogen) atoms. The van der Waals surface area contributed by atoms with E-state index in [1.807, 2.05) is 93.6 Å². The Kier molecular flexibility index (Phi) is 24.1. The number of pyridine rings is 3.